The third-order valence-corrected chi connectivity index (χ3v) is 12.2. The van der Waals surface area contributed by atoms with Crippen LogP contribution in [-0.4, -0.2) is 138 Å². The fourth-order valence-electron chi connectivity index (χ4n) is 9.03. The molecule has 3 amide bonds. The number of nitrogens with two attached hydrogens (primary N) is 1. The second-order valence-electron chi connectivity index (χ2n) is 16.2. The van der Waals surface area contributed by atoms with Gasteiger partial charge in [0.2, 0.25) is 11.8 Å². The van der Waals surface area contributed by atoms with Crippen molar-refractivity contribution < 1.29 is 31.9 Å². The van der Waals surface area contributed by atoms with Crippen LogP contribution in [0, 0.1) is 0 Å². The summed E-state index contributed by atoms with van der Waals surface area (Å²) in [5.41, 5.74) is 10.6. The summed E-state index contributed by atoms with van der Waals surface area (Å²) in [6.45, 7) is 5.49. The second-order valence-corrected chi connectivity index (χ2v) is 16.2. The maximum atomic E-state index is 15.7. The van der Waals surface area contributed by atoms with Gasteiger partial charge in [0.1, 0.15) is 23.4 Å². The van der Waals surface area contributed by atoms with Crippen molar-refractivity contribution in [3.63, 3.8) is 0 Å². The number of nitrogen functional groups attached to an aromatic ring is 1. The van der Waals surface area contributed by atoms with Crippen LogP contribution < -0.4 is 16.4 Å². The molecule has 4 N–H and O–H groups in total. The van der Waals surface area contributed by atoms with E-state index >= 15 is 8.63 Å². The van der Waals surface area contributed by atoms with Gasteiger partial charge >= 0.3 is 13.0 Å². The van der Waals surface area contributed by atoms with E-state index in [9.17, 15) is 14.4 Å². The first-order chi connectivity index (χ1) is 29.9. The van der Waals surface area contributed by atoms with Gasteiger partial charge in [-0.3, -0.25) is 29.5 Å². The Labute approximate surface area is 355 Å². The fourth-order valence-corrected chi connectivity index (χ4v) is 9.03. The number of aryl methyl sites for hydroxylation is 1. The SMILES string of the molecule is CC1=CC(C)=[N+]2C1=Cc1ccc(CCC(=O)NCCN3CCN(C/C=C/C(=O)N4CCC[C@@H](n5nc(C(=O)Nc6nc7ccccc7o6)c6c(N)ncnc65)C4)CC3)n1[B-]2(F)F. The van der Waals surface area contributed by atoms with Gasteiger partial charge in [0.15, 0.2) is 22.6 Å². The average Bonchev–Trinajstić information content (AvgIpc) is 4.04. The lowest BCUT2D eigenvalue weighted by molar-refractivity contribution is -0.362. The highest BCUT2D eigenvalue weighted by molar-refractivity contribution is 6.58. The third kappa shape index (κ3) is 7.90. The Morgan fingerprint density at radius 1 is 1.03 bits per heavy atom. The molecule has 2 fully saturated rings. The highest BCUT2D eigenvalue weighted by Gasteiger charge is 2.52. The number of carbonyl (C=O) groups excluding carboxylic acids is 3. The summed E-state index contributed by atoms with van der Waals surface area (Å²) in [5.74, 6) is -0.729. The number of oxazole rings is 1. The van der Waals surface area contributed by atoms with Crippen LogP contribution in [0.5, 0.6) is 0 Å². The zero-order valence-electron chi connectivity index (χ0n) is 34.6. The number of allylic oxidation sites excluding steroid dienone is 2. The van der Waals surface area contributed by atoms with Gasteiger partial charge in [0, 0.05) is 102 Å². The number of benzene rings is 1. The number of anilines is 2. The predicted molar refractivity (Wildman–Crippen MR) is 230 cm³/mol. The summed E-state index contributed by atoms with van der Waals surface area (Å²) in [4.78, 5) is 58.8. The lowest BCUT2D eigenvalue weighted by atomic mass is 9.89. The molecule has 2 saturated heterocycles. The van der Waals surface area contributed by atoms with Crippen LogP contribution in [0.3, 0.4) is 0 Å². The van der Waals surface area contributed by atoms with Gasteiger partial charge in [0.25, 0.3) is 5.91 Å². The number of halogens is 2. The van der Waals surface area contributed by atoms with Crippen LogP contribution in [0.4, 0.5) is 20.5 Å². The van der Waals surface area contributed by atoms with Crippen molar-refractivity contribution in [3.8, 4) is 0 Å². The normalized spacial score (nSPS) is 19.2. The molecule has 0 unspecified atom stereocenters. The highest BCUT2D eigenvalue weighted by Crippen LogP contribution is 2.36. The van der Waals surface area contributed by atoms with Gasteiger partial charge in [-0.2, -0.15) is 10.1 Å². The number of piperidine rings is 1. The van der Waals surface area contributed by atoms with Crippen LogP contribution >= 0.6 is 0 Å². The van der Waals surface area contributed by atoms with E-state index in [1.54, 1.807) is 59.0 Å². The van der Waals surface area contributed by atoms with Gasteiger partial charge in [-0.15, -0.1) is 0 Å². The topological polar surface area (TPSA) is 189 Å². The van der Waals surface area contributed by atoms with Gasteiger partial charge in [-0.25, -0.2) is 14.6 Å². The molecule has 4 aliphatic rings. The predicted octanol–water partition coefficient (Wildman–Crippen LogP) is 3.70. The minimum absolute atomic E-state index is 0.0271. The van der Waals surface area contributed by atoms with E-state index in [1.807, 2.05) is 25.1 Å². The number of hydrogen-bond acceptors (Lipinski definition) is 11. The summed E-state index contributed by atoms with van der Waals surface area (Å²) >= 11 is 0. The molecule has 0 saturated carbocycles. The molecule has 62 heavy (non-hydrogen) atoms. The van der Waals surface area contributed by atoms with Crippen molar-refractivity contribution in [2.45, 2.75) is 45.6 Å². The number of likely N-dealkylation sites (tertiary alicyclic amines) is 1. The molecule has 0 spiro atoms. The number of para-hydroxylation sites is 2. The number of hydrogen-bond donors (Lipinski definition) is 3. The molecule has 17 nitrogen and oxygen atoms in total. The van der Waals surface area contributed by atoms with Crippen molar-refractivity contribution in [3.05, 3.63) is 89.3 Å². The van der Waals surface area contributed by atoms with E-state index in [1.165, 1.54) is 6.33 Å². The number of rotatable bonds is 12. The van der Waals surface area contributed by atoms with E-state index in [4.69, 9.17) is 10.2 Å². The molecule has 8 heterocycles. The molecule has 0 bridgehead atoms. The summed E-state index contributed by atoms with van der Waals surface area (Å²) in [6.07, 6.45) is 10.2. The Balaban J connectivity index is 0.721. The van der Waals surface area contributed by atoms with Crippen LogP contribution in [0.1, 0.15) is 61.0 Å². The quantitative estimate of drug-likeness (QED) is 0.123. The maximum Gasteiger partial charge on any atom is 0.737 e. The van der Waals surface area contributed by atoms with E-state index in [0.717, 1.165) is 53.6 Å². The van der Waals surface area contributed by atoms with E-state index in [2.05, 4.69) is 40.5 Å². The zero-order valence-corrected chi connectivity index (χ0v) is 34.6. The van der Waals surface area contributed by atoms with Gasteiger partial charge in [-0.05, 0) is 56.1 Å². The van der Waals surface area contributed by atoms with Crippen LogP contribution in [0.25, 0.3) is 28.2 Å². The maximum absolute atomic E-state index is 15.7. The standard InChI is InChI=1S/C42H48BF2N13O4/c1-27-23-28(2)56-33(27)24-30-12-11-29(57(30)43(56,44)45)13-14-35(59)47-15-18-54-21-19-53(20-22-54)16-6-10-36(60)55-17-5-7-31(25-55)58-40-37(39(46)48-26-49-40)38(52-58)41(61)51-42-50-32-8-3-4-9-34(32)62-42/h3-4,6,8-12,23-24,26,31H,5,7,13-22,25H2,1-2H3,(H,47,59)(H2,46,48,49)(H,50,51,61)/b10-6+/t31-/m1/s1. The number of aromatic nitrogens is 6. The molecule has 0 radical (unpaired) electrons. The minimum Gasteiger partial charge on any atom is -0.423 e. The number of nitrogens with one attached hydrogen (secondary N) is 2. The molecule has 0 aliphatic carbocycles. The van der Waals surface area contributed by atoms with Crippen molar-refractivity contribution in [2.24, 2.45) is 0 Å². The van der Waals surface area contributed by atoms with Gasteiger partial charge < -0.3 is 38.0 Å². The fraction of sp³-hybridized carbons (Fsp3) is 0.381. The number of fused-ring (bicyclic) bond motifs is 4. The molecule has 9 rings (SSSR count). The molecular formula is C42H48BF2N13O4. The lowest BCUT2D eigenvalue weighted by Gasteiger charge is -2.34. The summed E-state index contributed by atoms with van der Waals surface area (Å²) < 4.78 is 41.0. The first-order valence-electron chi connectivity index (χ1n) is 21.0. The van der Waals surface area contributed by atoms with Crippen molar-refractivity contribution in [2.75, 3.05) is 70.0 Å². The lowest BCUT2D eigenvalue weighted by Crippen LogP contribution is -2.50. The molecule has 1 atom stereocenters. The minimum atomic E-state index is -4.05. The van der Waals surface area contributed by atoms with E-state index in [0.29, 0.717) is 77.7 Å². The van der Waals surface area contributed by atoms with E-state index < -0.39 is 12.9 Å². The Morgan fingerprint density at radius 3 is 2.66 bits per heavy atom. The Bertz CT molecular complexity index is 2680. The van der Waals surface area contributed by atoms with Gasteiger partial charge in [-0.1, -0.05) is 18.2 Å². The zero-order chi connectivity index (χ0) is 43.1. The first kappa shape index (κ1) is 40.8. The summed E-state index contributed by atoms with van der Waals surface area (Å²) in [6, 6.07) is 10.3. The highest BCUT2D eigenvalue weighted by atomic mass is 19.2. The summed E-state index contributed by atoms with van der Waals surface area (Å²) in [5, 5.41) is 10.6. The monoisotopic (exact) mass is 847 g/mol. The average molecular weight is 848 g/mol. The van der Waals surface area contributed by atoms with Crippen molar-refractivity contribution >= 4 is 70.4 Å². The summed E-state index contributed by atoms with van der Waals surface area (Å²) in [7, 11) is 0. The molecular weight excluding hydrogens is 799 g/mol. The molecule has 1 aromatic carbocycles. The smallest absolute Gasteiger partial charge is 0.423 e. The molecule has 20 heteroatoms. The largest absolute Gasteiger partial charge is 0.737 e. The Morgan fingerprint density at radius 2 is 1.84 bits per heavy atom. The van der Waals surface area contributed by atoms with Crippen molar-refractivity contribution in [1.82, 2.24) is 49.2 Å². The first-order valence-corrected chi connectivity index (χ1v) is 21.0. The number of nitrogens with zero attached hydrogens (tertiary/aromatic N) is 10. The van der Waals surface area contributed by atoms with Crippen LogP contribution in [0.15, 0.2) is 76.6 Å². The van der Waals surface area contributed by atoms with Crippen molar-refractivity contribution in [1.29, 1.82) is 0 Å². The Kier molecular flexibility index (Phi) is 11.0. The van der Waals surface area contributed by atoms with Crippen LogP contribution in [0.2, 0.25) is 0 Å². The molecule has 4 aromatic heterocycles. The van der Waals surface area contributed by atoms with E-state index in [-0.39, 0.29) is 48.2 Å². The Hall–Kier alpha value is -6.54. The van der Waals surface area contributed by atoms with Gasteiger partial charge in [0.05, 0.1) is 11.4 Å². The molecule has 5 aromatic rings. The third-order valence-electron chi connectivity index (χ3n) is 12.2. The number of piperazine rings is 1. The van der Waals surface area contributed by atoms with Crippen LogP contribution in [-0.2, 0) is 16.0 Å². The number of amides is 3. The molecule has 4 aliphatic heterocycles. The number of carbonyl (C=O) groups is 3. The second kappa shape index (κ2) is 16.7. The molecule has 322 valence electrons.